The van der Waals surface area contributed by atoms with Crippen LogP contribution < -0.4 is 9.64 Å². The van der Waals surface area contributed by atoms with Crippen molar-refractivity contribution in [2.45, 2.75) is 6.54 Å². The van der Waals surface area contributed by atoms with Crippen LogP contribution in [-0.2, 0) is 16.0 Å². The summed E-state index contributed by atoms with van der Waals surface area (Å²) in [5.74, 6) is 0.643. The van der Waals surface area contributed by atoms with Gasteiger partial charge in [-0.3, -0.25) is 9.89 Å². The van der Waals surface area contributed by atoms with Gasteiger partial charge in [-0.25, -0.2) is 4.98 Å². The van der Waals surface area contributed by atoms with Crippen LogP contribution >= 0.6 is 0 Å². The predicted octanol–water partition coefficient (Wildman–Crippen LogP) is 3.40. The molecule has 3 heterocycles. The van der Waals surface area contributed by atoms with Crippen molar-refractivity contribution < 1.29 is 14.2 Å². The van der Waals surface area contributed by atoms with E-state index in [0.717, 1.165) is 70.5 Å². The lowest BCUT2D eigenvalue weighted by Crippen LogP contribution is -2.38. The molecular weight excluding hydrogens is 428 g/mol. The molecule has 0 amide bonds. The Morgan fingerprint density at radius 2 is 1.65 bits per heavy atom. The van der Waals surface area contributed by atoms with E-state index in [2.05, 4.69) is 58.3 Å². The SMILES string of the molecule is C(=NCc1ccc2ccccc2c1)c1cc(N2CCOCC2)cc(OCCN2CCOCC2)n1. The van der Waals surface area contributed by atoms with E-state index in [-0.39, 0.29) is 0 Å². The van der Waals surface area contributed by atoms with Gasteiger partial charge in [0.2, 0.25) is 5.88 Å². The summed E-state index contributed by atoms with van der Waals surface area (Å²) in [6.07, 6.45) is 1.86. The molecule has 0 atom stereocenters. The number of aliphatic imine (C=N–C) groups is 1. The first kappa shape index (κ1) is 22.8. The van der Waals surface area contributed by atoms with Gasteiger partial charge in [0.15, 0.2) is 0 Å². The van der Waals surface area contributed by atoms with Crippen molar-refractivity contribution >= 4 is 22.7 Å². The predicted molar refractivity (Wildman–Crippen MR) is 135 cm³/mol. The summed E-state index contributed by atoms with van der Waals surface area (Å²) in [7, 11) is 0. The molecule has 2 saturated heterocycles. The summed E-state index contributed by atoms with van der Waals surface area (Å²) < 4.78 is 17.0. The van der Waals surface area contributed by atoms with Gasteiger partial charge >= 0.3 is 0 Å². The van der Waals surface area contributed by atoms with Crippen LogP contribution in [0.3, 0.4) is 0 Å². The van der Waals surface area contributed by atoms with E-state index >= 15 is 0 Å². The summed E-state index contributed by atoms with van der Waals surface area (Å²) in [6.45, 7) is 8.80. The van der Waals surface area contributed by atoms with Crippen LogP contribution in [0.25, 0.3) is 10.8 Å². The first-order valence-corrected chi connectivity index (χ1v) is 12.1. The first-order chi connectivity index (χ1) is 16.8. The number of hydrogen-bond donors (Lipinski definition) is 0. The molecule has 2 fully saturated rings. The highest BCUT2D eigenvalue weighted by molar-refractivity contribution is 5.83. The van der Waals surface area contributed by atoms with Crippen molar-refractivity contribution in [3.8, 4) is 5.88 Å². The van der Waals surface area contributed by atoms with E-state index in [1.54, 1.807) is 0 Å². The summed E-state index contributed by atoms with van der Waals surface area (Å²) in [5.41, 5.74) is 3.10. The third-order valence-corrected chi connectivity index (χ3v) is 6.26. The molecule has 7 nitrogen and oxygen atoms in total. The Kier molecular flexibility index (Phi) is 7.65. The zero-order valence-corrected chi connectivity index (χ0v) is 19.6. The Balaban J connectivity index is 1.28. The molecule has 0 radical (unpaired) electrons. The summed E-state index contributed by atoms with van der Waals surface area (Å²) >= 11 is 0. The van der Waals surface area contributed by atoms with Gasteiger partial charge in [0.05, 0.1) is 38.7 Å². The average Bonchev–Trinajstić information content (AvgIpc) is 2.90. The highest BCUT2D eigenvalue weighted by atomic mass is 16.5. The van der Waals surface area contributed by atoms with Crippen molar-refractivity contribution in [1.82, 2.24) is 9.88 Å². The minimum Gasteiger partial charge on any atom is -0.476 e. The Morgan fingerprint density at radius 1 is 0.882 bits per heavy atom. The number of ether oxygens (including phenoxy) is 3. The van der Waals surface area contributed by atoms with E-state index in [0.29, 0.717) is 19.0 Å². The van der Waals surface area contributed by atoms with Crippen molar-refractivity contribution in [3.05, 3.63) is 65.9 Å². The maximum atomic E-state index is 6.08. The summed E-state index contributed by atoms with van der Waals surface area (Å²) in [4.78, 5) is 14.1. The maximum Gasteiger partial charge on any atom is 0.215 e. The molecule has 0 bridgehead atoms. The number of morpholine rings is 2. The molecule has 0 unspecified atom stereocenters. The minimum atomic E-state index is 0.604. The van der Waals surface area contributed by atoms with Crippen LogP contribution in [0, 0.1) is 0 Å². The van der Waals surface area contributed by atoms with Crippen molar-refractivity contribution in [1.29, 1.82) is 0 Å². The molecule has 2 aliphatic heterocycles. The second-order valence-corrected chi connectivity index (χ2v) is 8.64. The maximum absolute atomic E-state index is 6.08. The fourth-order valence-electron chi connectivity index (χ4n) is 4.34. The number of nitrogens with zero attached hydrogens (tertiary/aromatic N) is 4. The van der Waals surface area contributed by atoms with E-state index in [9.17, 15) is 0 Å². The normalized spacial score (nSPS) is 17.5. The number of aromatic nitrogens is 1. The third kappa shape index (κ3) is 6.11. The quantitative estimate of drug-likeness (QED) is 0.480. The van der Waals surface area contributed by atoms with Gasteiger partial charge in [0.1, 0.15) is 6.61 Å². The van der Waals surface area contributed by atoms with Crippen molar-refractivity contribution in [2.75, 3.05) is 70.7 Å². The second-order valence-electron chi connectivity index (χ2n) is 8.64. The molecule has 2 aromatic carbocycles. The highest BCUT2D eigenvalue weighted by Gasteiger charge is 2.15. The Labute approximate surface area is 201 Å². The van der Waals surface area contributed by atoms with E-state index < -0.39 is 0 Å². The van der Waals surface area contributed by atoms with Crippen molar-refractivity contribution in [2.24, 2.45) is 4.99 Å². The number of pyridine rings is 1. The molecule has 7 heteroatoms. The number of anilines is 1. The van der Waals surface area contributed by atoms with Crippen LogP contribution in [0.15, 0.2) is 59.6 Å². The minimum absolute atomic E-state index is 0.604. The van der Waals surface area contributed by atoms with E-state index in [4.69, 9.17) is 24.2 Å². The number of rotatable bonds is 8. The van der Waals surface area contributed by atoms with Gasteiger partial charge in [-0.1, -0.05) is 36.4 Å². The summed E-state index contributed by atoms with van der Waals surface area (Å²) in [6, 6.07) is 19.0. The smallest absolute Gasteiger partial charge is 0.215 e. The Morgan fingerprint density at radius 3 is 2.47 bits per heavy atom. The molecule has 3 aromatic rings. The van der Waals surface area contributed by atoms with Crippen LogP contribution in [0.4, 0.5) is 5.69 Å². The van der Waals surface area contributed by atoms with Crippen LogP contribution in [-0.4, -0.2) is 81.9 Å². The van der Waals surface area contributed by atoms with Crippen LogP contribution in [0.5, 0.6) is 5.88 Å². The van der Waals surface area contributed by atoms with Crippen molar-refractivity contribution in [3.63, 3.8) is 0 Å². The largest absolute Gasteiger partial charge is 0.476 e. The molecule has 1 aromatic heterocycles. The van der Waals surface area contributed by atoms with Crippen LogP contribution in [0.1, 0.15) is 11.3 Å². The fraction of sp³-hybridized carbons (Fsp3) is 0.407. The van der Waals surface area contributed by atoms with Gasteiger partial charge in [-0.15, -0.1) is 0 Å². The standard InChI is InChI=1S/C27H32N4O3/c1-2-4-24-17-22(5-6-23(24)3-1)20-28-21-25-18-26(31-10-14-33-15-11-31)19-27(29-25)34-16-9-30-7-12-32-13-8-30/h1-6,17-19,21H,7-16,20H2. The monoisotopic (exact) mass is 460 g/mol. The average molecular weight is 461 g/mol. The number of benzene rings is 2. The molecule has 178 valence electrons. The van der Waals surface area contributed by atoms with E-state index in [1.165, 1.54) is 16.3 Å². The van der Waals surface area contributed by atoms with Gasteiger partial charge < -0.3 is 19.1 Å². The zero-order chi connectivity index (χ0) is 23.0. The molecule has 0 saturated carbocycles. The van der Waals surface area contributed by atoms with Gasteiger partial charge in [-0.2, -0.15) is 0 Å². The summed E-state index contributed by atoms with van der Waals surface area (Å²) in [5, 5.41) is 2.48. The fourth-order valence-corrected chi connectivity index (χ4v) is 4.34. The van der Waals surface area contributed by atoms with Gasteiger partial charge in [-0.05, 0) is 28.5 Å². The van der Waals surface area contributed by atoms with Gasteiger partial charge in [0.25, 0.3) is 0 Å². The van der Waals surface area contributed by atoms with Gasteiger partial charge in [0, 0.05) is 50.7 Å². The molecule has 0 aliphatic carbocycles. The lowest BCUT2D eigenvalue weighted by molar-refractivity contribution is 0.0320. The first-order valence-electron chi connectivity index (χ1n) is 12.1. The number of hydrogen-bond acceptors (Lipinski definition) is 7. The second kappa shape index (κ2) is 11.4. The molecule has 5 rings (SSSR count). The molecular formula is C27H32N4O3. The topological polar surface area (TPSA) is 59.4 Å². The molecule has 0 spiro atoms. The third-order valence-electron chi connectivity index (χ3n) is 6.26. The van der Waals surface area contributed by atoms with Crippen LogP contribution in [0.2, 0.25) is 0 Å². The number of fused-ring (bicyclic) bond motifs is 1. The zero-order valence-electron chi connectivity index (χ0n) is 19.6. The molecule has 34 heavy (non-hydrogen) atoms. The Hall–Kier alpha value is -3.00. The van der Waals surface area contributed by atoms with E-state index in [1.807, 2.05) is 12.3 Å². The lowest BCUT2D eigenvalue weighted by atomic mass is 10.1. The molecule has 2 aliphatic rings. The Bertz CT molecular complexity index is 1110. The highest BCUT2D eigenvalue weighted by Crippen LogP contribution is 2.22. The lowest BCUT2D eigenvalue weighted by Gasteiger charge is -2.29. The molecule has 0 N–H and O–H groups in total.